The van der Waals surface area contributed by atoms with E-state index in [1.807, 2.05) is 19.4 Å². The molecule has 1 rings (SSSR count). The van der Waals surface area contributed by atoms with Crippen LogP contribution in [0, 0.1) is 6.92 Å². The third-order valence-corrected chi connectivity index (χ3v) is 2.54. The van der Waals surface area contributed by atoms with Crippen LogP contribution >= 0.6 is 11.3 Å². The topological polar surface area (TPSA) is 59.1 Å². The van der Waals surface area contributed by atoms with Crippen molar-refractivity contribution in [3.05, 3.63) is 28.9 Å². The van der Waals surface area contributed by atoms with Crippen molar-refractivity contribution in [1.82, 2.24) is 4.98 Å². The first kappa shape index (κ1) is 20.5. The molecule has 0 unspecified atom stereocenters. The molecule has 0 aliphatic heterocycles. The molecule has 3 nitrogen and oxygen atoms in total. The summed E-state index contributed by atoms with van der Waals surface area (Å²) in [5.74, 6) is 0.637. The van der Waals surface area contributed by atoms with E-state index in [1.54, 1.807) is 11.3 Å². The van der Waals surface area contributed by atoms with E-state index >= 15 is 0 Å². The Hall–Kier alpha value is -0.870. The van der Waals surface area contributed by atoms with Crippen LogP contribution in [0.25, 0.3) is 0 Å². The van der Waals surface area contributed by atoms with E-state index < -0.39 is 0 Å². The van der Waals surface area contributed by atoms with E-state index in [-0.39, 0.29) is 0 Å². The van der Waals surface area contributed by atoms with Crippen LogP contribution in [0.5, 0.6) is 0 Å². The lowest BCUT2D eigenvalue weighted by molar-refractivity contribution is 0.399. The lowest BCUT2D eigenvalue weighted by Gasteiger charge is -1.98. The summed E-state index contributed by atoms with van der Waals surface area (Å²) in [5, 5.41) is 7.00. The maximum atomic E-state index is 7.00. The third-order valence-electron chi connectivity index (χ3n) is 1.31. The van der Waals surface area contributed by atoms with Gasteiger partial charge in [0, 0.05) is 12.0 Å². The van der Waals surface area contributed by atoms with Crippen LogP contribution in [0.15, 0.2) is 18.3 Å². The fourth-order valence-corrected chi connectivity index (χ4v) is 1.68. The van der Waals surface area contributed by atoms with Crippen molar-refractivity contribution in [2.45, 2.75) is 40.5 Å². The zero-order valence-electron chi connectivity index (χ0n) is 11.3. The highest BCUT2D eigenvalue weighted by molar-refractivity contribution is 7.09. The number of rotatable bonds is 1. The lowest BCUT2D eigenvalue weighted by atomic mass is 10.1. The number of hydrogen-bond donors (Lipinski definition) is 2. The highest BCUT2D eigenvalue weighted by atomic mass is 32.1. The summed E-state index contributed by atoms with van der Waals surface area (Å²) in [6.45, 7) is 13.6. The molecule has 1 heterocycles. The molecule has 1 aromatic rings. The Morgan fingerprint density at radius 1 is 1.44 bits per heavy atom. The Bertz CT molecular complexity index is 235. The number of aliphatic hydroxyl groups excluding tert-OH is 1. The summed E-state index contributed by atoms with van der Waals surface area (Å²) in [5.41, 5.74) is 7.71. The van der Waals surface area contributed by atoms with Gasteiger partial charge in [0.1, 0.15) is 0 Å². The molecule has 0 spiro atoms. The Labute approximate surface area is 104 Å². The first-order valence-electron chi connectivity index (χ1n) is 5.30. The number of aryl methyl sites for hydroxylation is 1. The number of aliphatic hydroxyl groups is 1. The summed E-state index contributed by atoms with van der Waals surface area (Å²) in [6.07, 6.45) is 1.25. The minimum atomic E-state index is 0.637. The van der Waals surface area contributed by atoms with Crippen molar-refractivity contribution in [2.24, 2.45) is 5.73 Å². The molecular weight excluding hydrogens is 220 g/mol. The number of aromatic nitrogens is 1. The molecule has 0 aromatic carbocycles. The van der Waals surface area contributed by atoms with Gasteiger partial charge in [-0.05, 0) is 19.0 Å². The molecule has 0 bridgehead atoms. The molecular formula is C12H26N2OS. The normalized spacial score (nSPS) is 7.50. The standard InChI is InChI=1S/C7H11NS.C2H5N.C2H6.CH4O/c1-5(2)7-6(3)8-4-9-7;1-2-3;2*1-2/h4-5H,1-3H3;2H,1,3H2;1-2H3;2H,1H3. The quantitative estimate of drug-likeness (QED) is 0.799. The molecule has 0 aliphatic rings. The maximum Gasteiger partial charge on any atom is 0.0797 e. The largest absolute Gasteiger partial charge is 0.405 e. The van der Waals surface area contributed by atoms with Gasteiger partial charge in [-0.1, -0.05) is 34.3 Å². The minimum absolute atomic E-state index is 0.637. The highest BCUT2D eigenvalue weighted by Gasteiger charge is 2.03. The Balaban J connectivity index is -0.000000206. The van der Waals surface area contributed by atoms with Gasteiger partial charge in [-0.25, -0.2) is 4.98 Å². The summed E-state index contributed by atoms with van der Waals surface area (Å²) in [7, 11) is 1.00. The smallest absolute Gasteiger partial charge is 0.0797 e. The second kappa shape index (κ2) is 16.6. The minimum Gasteiger partial charge on any atom is -0.405 e. The number of hydrogen-bond acceptors (Lipinski definition) is 4. The van der Waals surface area contributed by atoms with E-state index in [2.05, 4.69) is 38.1 Å². The van der Waals surface area contributed by atoms with E-state index in [0.29, 0.717) is 5.92 Å². The van der Waals surface area contributed by atoms with Crippen LogP contribution in [0.1, 0.15) is 44.2 Å². The van der Waals surface area contributed by atoms with Gasteiger partial charge >= 0.3 is 0 Å². The molecule has 3 N–H and O–H groups in total. The van der Waals surface area contributed by atoms with Crippen LogP contribution in [-0.2, 0) is 0 Å². The van der Waals surface area contributed by atoms with Gasteiger partial charge in [0.05, 0.1) is 11.2 Å². The van der Waals surface area contributed by atoms with Gasteiger partial charge in [0.2, 0.25) is 0 Å². The highest BCUT2D eigenvalue weighted by Crippen LogP contribution is 2.21. The summed E-state index contributed by atoms with van der Waals surface area (Å²) >= 11 is 1.75. The van der Waals surface area contributed by atoms with Crippen LogP contribution in [0.2, 0.25) is 0 Å². The van der Waals surface area contributed by atoms with Crippen molar-refractivity contribution in [2.75, 3.05) is 7.11 Å². The molecule has 96 valence electrons. The number of thiazole rings is 1. The summed E-state index contributed by atoms with van der Waals surface area (Å²) in [6, 6.07) is 0. The van der Waals surface area contributed by atoms with Crippen LogP contribution in [0.3, 0.4) is 0 Å². The zero-order valence-corrected chi connectivity index (χ0v) is 12.1. The summed E-state index contributed by atoms with van der Waals surface area (Å²) in [4.78, 5) is 5.57. The van der Waals surface area contributed by atoms with Crippen molar-refractivity contribution in [3.8, 4) is 0 Å². The van der Waals surface area contributed by atoms with Gasteiger partial charge in [-0.3, -0.25) is 0 Å². The molecule has 0 aliphatic carbocycles. The van der Waals surface area contributed by atoms with Crippen LogP contribution in [-0.4, -0.2) is 17.2 Å². The first-order chi connectivity index (χ1) is 7.63. The van der Waals surface area contributed by atoms with Gasteiger partial charge < -0.3 is 10.8 Å². The van der Waals surface area contributed by atoms with E-state index in [1.165, 1.54) is 16.8 Å². The number of nitrogens with zero attached hydrogens (tertiary/aromatic N) is 1. The predicted octanol–water partition coefficient (Wildman–Crippen LogP) is 3.30. The molecule has 0 amide bonds. The molecule has 16 heavy (non-hydrogen) atoms. The first-order valence-corrected chi connectivity index (χ1v) is 6.18. The monoisotopic (exact) mass is 246 g/mol. The SMILES string of the molecule is C=CN.CC.CO.Cc1ncsc1C(C)C. The van der Waals surface area contributed by atoms with Gasteiger partial charge in [-0.2, -0.15) is 0 Å². The van der Waals surface area contributed by atoms with Crippen molar-refractivity contribution < 1.29 is 5.11 Å². The molecule has 0 saturated heterocycles. The van der Waals surface area contributed by atoms with E-state index in [9.17, 15) is 0 Å². The van der Waals surface area contributed by atoms with Gasteiger partial charge in [-0.15, -0.1) is 11.3 Å². The van der Waals surface area contributed by atoms with Crippen molar-refractivity contribution in [3.63, 3.8) is 0 Å². The Morgan fingerprint density at radius 3 is 1.94 bits per heavy atom. The van der Waals surface area contributed by atoms with Gasteiger partial charge in [0.25, 0.3) is 0 Å². The molecule has 0 fully saturated rings. The molecule has 1 aromatic heterocycles. The molecule has 0 saturated carbocycles. The maximum absolute atomic E-state index is 7.00. The zero-order chi connectivity index (χ0) is 13.6. The molecule has 4 heteroatoms. The summed E-state index contributed by atoms with van der Waals surface area (Å²) < 4.78 is 0. The van der Waals surface area contributed by atoms with Crippen LogP contribution < -0.4 is 5.73 Å². The predicted molar refractivity (Wildman–Crippen MR) is 74.8 cm³/mol. The van der Waals surface area contributed by atoms with Crippen molar-refractivity contribution in [1.29, 1.82) is 0 Å². The fourth-order valence-electron chi connectivity index (χ4n) is 0.865. The fraction of sp³-hybridized carbons (Fsp3) is 0.583. The Morgan fingerprint density at radius 2 is 1.81 bits per heavy atom. The average Bonchev–Trinajstić information content (AvgIpc) is 2.71. The molecule has 0 atom stereocenters. The van der Waals surface area contributed by atoms with E-state index in [4.69, 9.17) is 5.11 Å². The second-order valence-corrected chi connectivity index (χ2v) is 3.58. The van der Waals surface area contributed by atoms with E-state index in [0.717, 1.165) is 7.11 Å². The van der Waals surface area contributed by atoms with Gasteiger partial charge in [0.15, 0.2) is 0 Å². The van der Waals surface area contributed by atoms with Crippen LogP contribution in [0.4, 0.5) is 0 Å². The third kappa shape index (κ3) is 11.2. The lowest BCUT2D eigenvalue weighted by Crippen LogP contribution is -1.84. The molecule has 0 radical (unpaired) electrons. The average molecular weight is 246 g/mol. The number of nitrogens with two attached hydrogens (primary N) is 1. The Kier molecular flexibility index (Phi) is 21.2. The second-order valence-electron chi connectivity index (χ2n) is 2.69. The van der Waals surface area contributed by atoms with Crippen molar-refractivity contribution >= 4 is 11.3 Å².